The Morgan fingerprint density at radius 3 is 2.49 bits per heavy atom. The zero-order valence-corrected chi connectivity index (χ0v) is 20.5. The Morgan fingerprint density at radius 1 is 1.06 bits per heavy atom. The number of hydrogen-bond acceptors (Lipinski definition) is 4. The van der Waals surface area contributed by atoms with Gasteiger partial charge in [0.1, 0.15) is 5.66 Å². The molecule has 2 N–H and O–H groups in total. The van der Waals surface area contributed by atoms with Crippen LogP contribution < -0.4 is 15.5 Å². The quantitative estimate of drug-likeness (QED) is 0.607. The van der Waals surface area contributed by atoms with E-state index in [1.165, 1.54) is 0 Å². The number of carbonyl (C=O) groups excluding carboxylic acids is 4. The van der Waals surface area contributed by atoms with Gasteiger partial charge in [0.2, 0.25) is 17.7 Å². The molecule has 4 amide bonds. The van der Waals surface area contributed by atoms with Crippen molar-refractivity contribution in [3.05, 3.63) is 59.7 Å². The molecule has 1 fully saturated rings. The summed E-state index contributed by atoms with van der Waals surface area (Å²) < 4.78 is 0. The van der Waals surface area contributed by atoms with E-state index in [0.29, 0.717) is 43.6 Å². The highest BCUT2D eigenvalue weighted by molar-refractivity contribution is 6.10. The lowest BCUT2D eigenvalue weighted by atomic mass is 9.98. The third kappa shape index (κ3) is 4.92. The summed E-state index contributed by atoms with van der Waals surface area (Å²) in [5.41, 5.74) is 2.14. The predicted molar refractivity (Wildman–Crippen MR) is 134 cm³/mol. The SMILES string of the molecule is CC(C)C(=O)Nc1ccc(CNC(=O)CCCN2C(=O)c3ccccc3N3C(=O)CCC23C)cc1. The molecule has 2 aliphatic heterocycles. The van der Waals surface area contributed by atoms with E-state index in [2.05, 4.69) is 10.6 Å². The fourth-order valence-electron chi connectivity index (χ4n) is 4.72. The molecule has 1 saturated heterocycles. The molecule has 35 heavy (non-hydrogen) atoms. The van der Waals surface area contributed by atoms with E-state index in [0.717, 1.165) is 11.3 Å². The topological polar surface area (TPSA) is 98.8 Å². The Balaban J connectivity index is 1.30. The highest BCUT2D eigenvalue weighted by Gasteiger charge is 2.52. The predicted octanol–water partition coefficient (Wildman–Crippen LogP) is 3.68. The molecule has 0 saturated carbocycles. The summed E-state index contributed by atoms with van der Waals surface area (Å²) in [5.74, 6) is -0.315. The van der Waals surface area contributed by atoms with E-state index < -0.39 is 5.66 Å². The van der Waals surface area contributed by atoms with Gasteiger partial charge in [-0.15, -0.1) is 0 Å². The fraction of sp³-hybridized carbons (Fsp3) is 0.407. The number of carbonyl (C=O) groups is 4. The molecule has 2 heterocycles. The van der Waals surface area contributed by atoms with Gasteiger partial charge in [-0.25, -0.2) is 0 Å². The molecule has 1 unspecified atom stereocenters. The molecule has 184 valence electrons. The summed E-state index contributed by atoms with van der Waals surface area (Å²) in [5, 5.41) is 5.75. The van der Waals surface area contributed by atoms with Gasteiger partial charge < -0.3 is 15.5 Å². The van der Waals surface area contributed by atoms with Crippen LogP contribution in [0, 0.1) is 5.92 Å². The van der Waals surface area contributed by atoms with Crippen LogP contribution >= 0.6 is 0 Å². The molecule has 4 rings (SSSR count). The summed E-state index contributed by atoms with van der Waals surface area (Å²) in [6, 6.07) is 14.6. The standard InChI is InChI=1S/C27H32N4O4/c1-18(2)25(34)29-20-12-10-19(11-13-20)17-28-23(32)9-6-16-30-26(35)21-7-4-5-8-22(21)31-24(33)14-15-27(30,31)3/h4-5,7-8,10-13,18H,6,9,14-17H2,1-3H3,(H,28,32)(H,29,34). The zero-order chi connectivity index (χ0) is 25.2. The molecule has 1 atom stereocenters. The lowest BCUT2D eigenvalue weighted by molar-refractivity contribution is -0.121. The van der Waals surface area contributed by atoms with Crippen molar-refractivity contribution in [1.82, 2.24) is 10.2 Å². The highest BCUT2D eigenvalue weighted by Crippen LogP contribution is 2.44. The summed E-state index contributed by atoms with van der Waals surface area (Å²) in [7, 11) is 0. The van der Waals surface area contributed by atoms with Crippen LogP contribution in [-0.2, 0) is 20.9 Å². The third-order valence-corrected chi connectivity index (χ3v) is 6.77. The van der Waals surface area contributed by atoms with Gasteiger partial charge in [0.05, 0.1) is 11.3 Å². The molecule has 0 radical (unpaired) electrons. The minimum atomic E-state index is -0.703. The van der Waals surface area contributed by atoms with Crippen molar-refractivity contribution in [3.8, 4) is 0 Å². The Labute approximate surface area is 205 Å². The van der Waals surface area contributed by atoms with Crippen molar-refractivity contribution in [2.75, 3.05) is 16.8 Å². The minimum absolute atomic E-state index is 0.0185. The number of nitrogens with zero attached hydrogens (tertiary/aromatic N) is 2. The van der Waals surface area contributed by atoms with Crippen molar-refractivity contribution in [1.29, 1.82) is 0 Å². The van der Waals surface area contributed by atoms with Gasteiger partial charge in [-0.1, -0.05) is 38.1 Å². The molecule has 0 aromatic heterocycles. The van der Waals surface area contributed by atoms with Crippen LogP contribution in [0.4, 0.5) is 11.4 Å². The second-order valence-electron chi connectivity index (χ2n) is 9.64. The maximum Gasteiger partial charge on any atom is 0.257 e. The molecular formula is C27H32N4O4. The number of nitrogens with one attached hydrogen (secondary N) is 2. The van der Waals surface area contributed by atoms with E-state index in [1.807, 2.05) is 57.2 Å². The van der Waals surface area contributed by atoms with Crippen molar-refractivity contribution in [3.63, 3.8) is 0 Å². The molecule has 2 aliphatic rings. The molecule has 2 aromatic rings. The van der Waals surface area contributed by atoms with Gasteiger partial charge in [0.15, 0.2) is 0 Å². The van der Waals surface area contributed by atoms with E-state index in [-0.39, 0.29) is 36.0 Å². The van der Waals surface area contributed by atoms with Gasteiger partial charge >= 0.3 is 0 Å². The van der Waals surface area contributed by atoms with Gasteiger partial charge in [-0.3, -0.25) is 24.1 Å². The number of rotatable bonds is 8. The van der Waals surface area contributed by atoms with Crippen molar-refractivity contribution in [2.24, 2.45) is 5.92 Å². The van der Waals surface area contributed by atoms with Crippen molar-refractivity contribution < 1.29 is 19.2 Å². The molecule has 8 nitrogen and oxygen atoms in total. The first-order chi connectivity index (χ1) is 16.7. The van der Waals surface area contributed by atoms with Crippen molar-refractivity contribution >= 4 is 35.0 Å². The lowest BCUT2D eigenvalue weighted by Gasteiger charge is -2.48. The second kappa shape index (κ2) is 9.90. The fourth-order valence-corrected chi connectivity index (χ4v) is 4.72. The van der Waals surface area contributed by atoms with Gasteiger partial charge in [-0.05, 0) is 49.6 Å². The summed E-state index contributed by atoms with van der Waals surface area (Å²) in [4.78, 5) is 53.6. The first kappa shape index (κ1) is 24.4. The number of para-hydroxylation sites is 1. The van der Waals surface area contributed by atoms with Crippen LogP contribution in [0.1, 0.15) is 62.4 Å². The highest BCUT2D eigenvalue weighted by atomic mass is 16.2. The average Bonchev–Trinajstić information content (AvgIpc) is 3.15. The van der Waals surface area contributed by atoms with Gasteiger partial charge in [0, 0.05) is 37.5 Å². The minimum Gasteiger partial charge on any atom is -0.352 e. The maximum absolute atomic E-state index is 13.3. The van der Waals surface area contributed by atoms with Crippen molar-refractivity contribution in [2.45, 2.75) is 58.7 Å². The molecule has 8 heteroatoms. The van der Waals surface area contributed by atoms with E-state index in [1.54, 1.807) is 21.9 Å². The number of fused-ring (bicyclic) bond motifs is 3. The van der Waals surface area contributed by atoms with E-state index in [4.69, 9.17) is 0 Å². The second-order valence-corrected chi connectivity index (χ2v) is 9.64. The molecule has 2 aromatic carbocycles. The molecule has 0 bridgehead atoms. The number of benzene rings is 2. The van der Waals surface area contributed by atoms with Crippen LogP contribution in [-0.4, -0.2) is 40.7 Å². The Hall–Kier alpha value is -3.68. The smallest absolute Gasteiger partial charge is 0.257 e. The van der Waals surface area contributed by atoms with Crippen LogP contribution in [0.25, 0.3) is 0 Å². The summed E-state index contributed by atoms with van der Waals surface area (Å²) in [6.07, 6.45) is 1.75. The zero-order valence-electron chi connectivity index (χ0n) is 20.5. The summed E-state index contributed by atoms with van der Waals surface area (Å²) in [6.45, 7) is 6.38. The summed E-state index contributed by atoms with van der Waals surface area (Å²) >= 11 is 0. The van der Waals surface area contributed by atoms with E-state index >= 15 is 0 Å². The Morgan fingerprint density at radius 2 is 1.77 bits per heavy atom. The van der Waals surface area contributed by atoms with Crippen LogP contribution in [0.2, 0.25) is 0 Å². The van der Waals surface area contributed by atoms with Gasteiger partial charge in [0.25, 0.3) is 5.91 Å². The largest absolute Gasteiger partial charge is 0.352 e. The normalized spacial score (nSPS) is 19.0. The lowest BCUT2D eigenvalue weighted by Crippen LogP contribution is -2.62. The Bertz CT molecular complexity index is 1140. The van der Waals surface area contributed by atoms with Gasteiger partial charge in [-0.2, -0.15) is 0 Å². The number of hydrogen-bond donors (Lipinski definition) is 2. The monoisotopic (exact) mass is 476 g/mol. The average molecular weight is 477 g/mol. The van der Waals surface area contributed by atoms with Crippen LogP contribution in [0.15, 0.2) is 48.5 Å². The third-order valence-electron chi connectivity index (χ3n) is 6.77. The first-order valence-corrected chi connectivity index (χ1v) is 12.1. The van der Waals surface area contributed by atoms with E-state index in [9.17, 15) is 19.2 Å². The van der Waals surface area contributed by atoms with Crippen LogP contribution in [0.5, 0.6) is 0 Å². The number of anilines is 2. The first-order valence-electron chi connectivity index (χ1n) is 12.1. The molecular weight excluding hydrogens is 444 g/mol. The molecule has 0 aliphatic carbocycles. The number of amides is 4. The van der Waals surface area contributed by atoms with Crippen LogP contribution in [0.3, 0.4) is 0 Å². The Kier molecular flexibility index (Phi) is 6.91. The molecule has 0 spiro atoms. The maximum atomic E-state index is 13.3.